The summed E-state index contributed by atoms with van der Waals surface area (Å²) in [7, 11) is 0. The van der Waals surface area contributed by atoms with Crippen LogP contribution in [0.15, 0.2) is 18.2 Å². The molecule has 0 saturated carbocycles. The minimum Gasteiger partial charge on any atom is -0.462 e. The molecule has 0 saturated heterocycles. The van der Waals surface area contributed by atoms with Crippen molar-refractivity contribution in [3.8, 4) is 0 Å². The number of unbranched alkanes of at least 4 members (excludes halogenated alkanes) is 1. The Morgan fingerprint density at radius 2 is 2.12 bits per heavy atom. The predicted octanol–water partition coefficient (Wildman–Crippen LogP) is 3.52. The summed E-state index contributed by atoms with van der Waals surface area (Å²) in [4.78, 5) is 12.0. The number of esters is 1. The zero-order valence-electron chi connectivity index (χ0n) is 10.5. The van der Waals surface area contributed by atoms with Crippen LogP contribution in [0, 0.1) is 0 Å². The molecule has 0 spiro atoms. The van der Waals surface area contributed by atoms with Crippen LogP contribution in [0.4, 0.5) is 0 Å². The van der Waals surface area contributed by atoms with Crippen molar-refractivity contribution in [2.45, 2.75) is 45.4 Å². The largest absolute Gasteiger partial charge is 0.462 e. The average Bonchev–Trinajstić information content (AvgIpc) is 2.38. The molecule has 0 aliphatic heterocycles. The third kappa shape index (κ3) is 2.87. The molecular formula is C15H20O2. The van der Waals surface area contributed by atoms with Crippen LogP contribution in [-0.4, -0.2) is 12.6 Å². The Balaban J connectivity index is 2.12. The molecule has 0 atom stereocenters. The zero-order valence-corrected chi connectivity index (χ0v) is 10.5. The highest BCUT2D eigenvalue weighted by molar-refractivity contribution is 5.91. The second-order valence-electron chi connectivity index (χ2n) is 4.64. The summed E-state index contributed by atoms with van der Waals surface area (Å²) in [6.45, 7) is 2.64. The molecule has 1 aliphatic carbocycles. The minimum atomic E-state index is -0.141. The second-order valence-corrected chi connectivity index (χ2v) is 4.64. The molecule has 17 heavy (non-hydrogen) atoms. The Labute approximate surface area is 103 Å². The molecule has 2 rings (SSSR count). The maximum atomic E-state index is 12.0. The van der Waals surface area contributed by atoms with Crippen LogP contribution in [-0.2, 0) is 17.6 Å². The van der Waals surface area contributed by atoms with E-state index in [1.807, 2.05) is 12.1 Å². The lowest BCUT2D eigenvalue weighted by atomic mass is 9.88. The fraction of sp³-hybridized carbons (Fsp3) is 0.533. The Morgan fingerprint density at radius 1 is 1.29 bits per heavy atom. The summed E-state index contributed by atoms with van der Waals surface area (Å²) in [5, 5.41) is 0. The molecule has 2 heteroatoms. The number of hydrogen-bond donors (Lipinski definition) is 0. The maximum Gasteiger partial charge on any atom is 0.338 e. The summed E-state index contributed by atoms with van der Waals surface area (Å²) in [6, 6.07) is 6.01. The number of rotatable bonds is 4. The van der Waals surface area contributed by atoms with Crippen LogP contribution in [0.5, 0.6) is 0 Å². The van der Waals surface area contributed by atoms with Gasteiger partial charge in [-0.1, -0.05) is 25.5 Å². The Kier molecular flexibility index (Phi) is 4.18. The third-order valence-corrected chi connectivity index (χ3v) is 3.35. The topological polar surface area (TPSA) is 26.3 Å². The van der Waals surface area contributed by atoms with E-state index in [4.69, 9.17) is 4.74 Å². The van der Waals surface area contributed by atoms with Crippen LogP contribution in [0.25, 0.3) is 0 Å². The van der Waals surface area contributed by atoms with Gasteiger partial charge in [0.05, 0.1) is 12.2 Å². The van der Waals surface area contributed by atoms with E-state index in [0.717, 1.165) is 31.2 Å². The molecule has 0 radical (unpaired) electrons. The summed E-state index contributed by atoms with van der Waals surface area (Å²) in [5.41, 5.74) is 3.35. The van der Waals surface area contributed by atoms with Gasteiger partial charge in [-0.3, -0.25) is 0 Å². The molecule has 0 heterocycles. The zero-order chi connectivity index (χ0) is 12.1. The highest BCUT2D eigenvalue weighted by Crippen LogP contribution is 2.24. The van der Waals surface area contributed by atoms with Crippen molar-refractivity contribution < 1.29 is 9.53 Å². The molecule has 2 nitrogen and oxygen atoms in total. The first-order chi connectivity index (χ1) is 8.33. The second kappa shape index (κ2) is 5.85. The summed E-state index contributed by atoms with van der Waals surface area (Å²) in [5.74, 6) is -0.141. The lowest BCUT2D eigenvalue weighted by Gasteiger charge is -2.18. The first kappa shape index (κ1) is 12.2. The van der Waals surface area contributed by atoms with Gasteiger partial charge < -0.3 is 4.74 Å². The van der Waals surface area contributed by atoms with Crippen molar-refractivity contribution in [2.75, 3.05) is 6.61 Å². The van der Waals surface area contributed by atoms with E-state index in [9.17, 15) is 4.79 Å². The molecule has 1 aromatic rings. The third-order valence-electron chi connectivity index (χ3n) is 3.35. The molecule has 0 unspecified atom stereocenters. The fourth-order valence-corrected chi connectivity index (χ4v) is 2.36. The molecule has 1 aliphatic rings. The fourth-order valence-electron chi connectivity index (χ4n) is 2.36. The van der Waals surface area contributed by atoms with Crippen LogP contribution in [0.3, 0.4) is 0 Å². The van der Waals surface area contributed by atoms with Crippen molar-refractivity contribution in [1.29, 1.82) is 0 Å². The first-order valence-electron chi connectivity index (χ1n) is 6.61. The van der Waals surface area contributed by atoms with Crippen molar-refractivity contribution in [2.24, 2.45) is 0 Å². The molecule has 0 fully saturated rings. The quantitative estimate of drug-likeness (QED) is 0.586. The minimum absolute atomic E-state index is 0.141. The van der Waals surface area contributed by atoms with Gasteiger partial charge in [0.2, 0.25) is 0 Å². The first-order valence-corrected chi connectivity index (χ1v) is 6.61. The van der Waals surface area contributed by atoms with Crippen LogP contribution in [0.1, 0.15) is 54.1 Å². The number of ether oxygens (including phenoxy) is 1. The molecule has 1 aromatic carbocycles. The van der Waals surface area contributed by atoms with E-state index in [-0.39, 0.29) is 5.97 Å². The Bertz CT molecular complexity index is 396. The number of benzene rings is 1. The van der Waals surface area contributed by atoms with Crippen molar-refractivity contribution in [1.82, 2.24) is 0 Å². The molecule has 0 amide bonds. The normalized spacial score (nSPS) is 14.2. The number of aryl methyl sites for hydroxylation is 1. The predicted molar refractivity (Wildman–Crippen MR) is 68.3 cm³/mol. The average molecular weight is 232 g/mol. The van der Waals surface area contributed by atoms with Crippen LogP contribution < -0.4 is 0 Å². The molecular weight excluding hydrogens is 212 g/mol. The van der Waals surface area contributed by atoms with E-state index in [2.05, 4.69) is 13.0 Å². The highest BCUT2D eigenvalue weighted by Gasteiger charge is 2.18. The van der Waals surface area contributed by atoms with Gasteiger partial charge in [-0.25, -0.2) is 4.79 Å². The van der Waals surface area contributed by atoms with Gasteiger partial charge in [-0.15, -0.1) is 0 Å². The standard InChI is InChI=1S/C15H20O2/c1-2-3-11-17-15(16)14-10-6-8-12-7-4-5-9-13(12)14/h6,8,10H,2-5,7,9,11H2,1H3. The van der Waals surface area contributed by atoms with E-state index in [1.165, 1.54) is 24.0 Å². The van der Waals surface area contributed by atoms with E-state index < -0.39 is 0 Å². The van der Waals surface area contributed by atoms with Crippen LogP contribution >= 0.6 is 0 Å². The molecule has 0 N–H and O–H groups in total. The van der Waals surface area contributed by atoms with Gasteiger partial charge in [-0.2, -0.15) is 0 Å². The van der Waals surface area contributed by atoms with E-state index in [0.29, 0.717) is 6.61 Å². The van der Waals surface area contributed by atoms with Gasteiger partial charge in [0, 0.05) is 0 Å². The Morgan fingerprint density at radius 3 is 2.94 bits per heavy atom. The van der Waals surface area contributed by atoms with Crippen molar-refractivity contribution in [3.63, 3.8) is 0 Å². The summed E-state index contributed by atoms with van der Waals surface area (Å²) in [6.07, 6.45) is 6.55. The smallest absolute Gasteiger partial charge is 0.338 e. The van der Waals surface area contributed by atoms with E-state index >= 15 is 0 Å². The molecule has 0 aromatic heterocycles. The SMILES string of the molecule is CCCCOC(=O)c1cccc2c1CCCC2. The lowest BCUT2D eigenvalue weighted by Crippen LogP contribution is -2.13. The van der Waals surface area contributed by atoms with Gasteiger partial charge in [0.15, 0.2) is 0 Å². The van der Waals surface area contributed by atoms with Gasteiger partial charge in [0.25, 0.3) is 0 Å². The van der Waals surface area contributed by atoms with E-state index in [1.54, 1.807) is 0 Å². The van der Waals surface area contributed by atoms with Gasteiger partial charge in [0.1, 0.15) is 0 Å². The maximum absolute atomic E-state index is 12.0. The van der Waals surface area contributed by atoms with Crippen molar-refractivity contribution >= 4 is 5.97 Å². The van der Waals surface area contributed by atoms with Crippen molar-refractivity contribution in [3.05, 3.63) is 34.9 Å². The molecule has 0 bridgehead atoms. The number of fused-ring (bicyclic) bond motifs is 1. The number of hydrogen-bond acceptors (Lipinski definition) is 2. The molecule has 92 valence electrons. The number of carbonyl (C=O) groups is 1. The lowest BCUT2D eigenvalue weighted by molar-refractivity contribution is 0.0498. The number of carbonyl (C=O) groups excluding carboxylic acids is 1. The van der Waals surface area contributed by atoms with Crippen LogP contribution in [0.2, 0.25) is 0 Å². The van der Waals surface area contributed by atoms with Gasteiger partial charge >= 0.3 is 5.97 Å². The van der Waals surface area contributed by atoms with Gasteiger partial charge in [-0.05, 0) is 49.3 Å². The highest BCUT2D eigenvalue weighted by atomic mass is 16.5. The Hall–Kier alpha value is -1.31. The summed E-state index contributed by atoms with van der Waals surface area (Å²) < 4.78 is 5.30. The summed E-state index contributed by atoms with van der Waals surface area (Å²) >= 11 is 0. The monoisotopic (exact) mass is 232 g/mol.